The Kier molecular flexibility index (Phi) is 4.94. The molecule has 2 aliphatic carbocycles. The molecule has 2 nitrogen and oxygen atoms in total. The highest BCUT2D eigenvalue weighted by atomic mass is 79.9. The second-order valence-corrected chi connectivity index (χ2v) is 6.70. The Morgan fingerprint density at radius 2 is 1.52 bits per heavy atom. The predicted molar refractivity (Wildman–Crippen MR) is 103 cm³/mol. The summed E-state index contributed by atoms with van der Waals surface area (Å²) in [5.41, 5.74) is 4.20. The van der Waals surface area contributed by atoms with Gasteiger partial charge in [-0.1, -0.05) is 48.6 Å². The Morgan fingerprint density at radius 1 is 0.826 bits per heavy atom. The zero-order chi connectivity index (χ0) is 16.2. The molecule has 0 spiro atoms. The highest BCUT2D eigenvalue weighted by Gasteiger charge is 2.23. The molecule has 3 aliphatic rings. The molecule has 4 rings (SSSR count). The van der Waals surface area contributed by atoms with E-state index in [9.17, 15) is 4.79 Å². The highest BCUT2D eigenvalue weighted by molar-refractivity contribution is 9.12. The van der Waals surface area contributed by atoms with Gasteiger partial charge in [0.25, 0.3) is 0 Å². The Labute approximate surface area is 151 Å². The van der Waals surface area contributed by atoms with E-state index >= 15 is 0 Å². The summed E-state index contributed by atoms with van der Waals surface area (Å²) in [6, 6.07) is 8.08. The van der Waals surface area contributed by atoms with Crippen LogP contribution in [0.5, 0.6) is 0 Å². The van der Waals surface area contributed by atoms with Crippen molar-refractivity contribution in [3.63, 3.8) is 0 Å². The smallest absolute Gasteiger partial charge is 0.186 e. The molecule has 1 aromatic rings. The molecule has 0 amide bonds. The van der Waals surface area contributed by atoms with Gasteiger partial charge in [0.1, 0.15) is 0 Å². The van der Waals surface area contributed by atoms with Crippen molar-refractivity contribution < 1.29 is 4.79 Å². The van der Waals surface area contributed by atoms with E-state index < -0.39 is 0 Å². The summed E-state index contributed by atoms with van der Waals surface area (Å²) in [6.45, 7) is 0. The van der Waals surface area contributed by atoms with Gasteiger partial charge < -0.3 is 5.32 Å². The molecule has 114 valence electrons. The van der Waals surface area contributed by atoms with Crippen molar-refractivity contribution in [3.8, 4) is 0 Å². The zero-order valence-corrected chi connectivity index (χ0v) is 15.3. The van der Waals surface area contributed by atoms with Gasteiger partial charge in [0.05, 0.1) is 9.21 Å². The van der Waals surface area contributed by atoms with Gasteiger partial charge in [0.15, 0.2) is 5.78 Å². The minimum atomic E-state index is 0.110. The van der Waals surface area contributed by atoms with E-state index in [-0.39, 0.29) is 5.78 Å². The maximum absolute atomic E-state index is 11.5. The number of allylic oxidation sites excluding steroid dienone is 9. The summed E-state index contributed by atoms with van der Waals surface area (Å²) in [7, 11) is 0. The first-order chi connectivity index (χ1) is 11.1. The molecule has 1 aliphatic heterocycles. The summed E-state index contributed by atoms with van der Waals surface area (Å²) < 4.78 is 1.92. The van der Waals surface area contributed by atoms with Gasteiger partial charge in [0.2, 0.25) is 0 Å². The van der Waals surface area contributed by atoms with Gasteiger partial charge in [-0.25, -0.2) is 0 Å². The number of fused-ring (bicyclic) bond motifs is 3. The van der Waals surface area contributed by atoms with Crippen LogP contribution in [0.4, 0.5) is 0 Å². The van der Waals surface area contributed by atoms with E-state index in [1.54, 1.807) is 6.08 Å². The number of hydrogen-bond acceptors (Lipinski definition) is 2. The second-order valence-electron chi connectivity index (χ2n) is 4.99. The lowest BCUT2D eigenvalue weighted by Gasteiger charge is -2.06. The molecule has 0 atom stereocenters. The molecular formula is C19H13Br2NO. The number of carbonyl (C=O) groups excluding carboxylic acids is 1. The van der Waals surface area contributed by atoms with E-state index in [0.29, 0.717) is 0 Å². The van der Waals surface area contributed by atoms with Crippen molar-refractivity contribution in [3.05, 3.63) is 92.7 Å². The topological polar surface area (TPSA) is 29.1 Å². The standard InChI is InChI=1S/C13H8O.C6H5Br2N/c14-13-7-3-6-11-10-5-2-1-4-9(10)8-12(11)13;7-5-3-1-2-4-6(8)9-5/h1-8H;1-4,9H. The number of ketones is 1. The first-order valence-electron chi connectivity index (χ1n) is 7.06. The maximum atomic E-state index is 11.5. The Morgan fingerprint density at radius 3 is 2.26 bits per heavy atom. The molecule has 0 fully saturated rings. The van der Waals surface area contributed by atoms with Crippen LogP contribution in [0.2, 0.25) is 0 Å². The zero-order valence-electron chi connectivity index (χ0n) is 12.1. The van der Waals surface area contributed by atoms with Crippen LogP contribution in [0, 0.1) is 0 Å². The van der Waals surface area contributed by atoms with Crippen LogP contribution in [-0.2, 0) is 4.79 Å². The molecule has 1 aromatic carbocycles. The van der Waals surface area contributed by atoms with Gasteiger partial charge in [-0.3, -0.25) is 4.79 Å². The maximum Gasteiger partial charge on any atom is 0.186 e. The molecule has 1 heterocycles. The van der Waals surface area contributed by atoms with Gasteiger partial charge in [-0.15, -0.1) is 0 Å². The summed E-state index contributed by atoms with van der Waals surface area (Å²) in [4.78, 5) is 11.5. The van der Waals surface area contributed by atoms with Crippen molar-refractivity contribution >= 4 is 49.3 Å². The average molecular weight is 431 g/mol. The summed E-state index contributed by atoms with van der Waals surface area (Å²) in [5.74, 6) is 0.110. The molecule has 0 radical (unpaired) electrons. The monoisotopic (exact) mass is 429 g/mol. The molecule has 0 saturated carbocycles. The predicted octanol–water partition coefficient (Wildman–Crippen LogP) is 5.22. The van der Waals surface area contributed by atoms with E-state index in [2.05, 4.69) is 43.2 Å². The quantitative estimate of drug-likeness (QED) is 0.571. The third-order valence-electron chi connectivity index (χ3n) is 3.45. The van der Waals surface area contributed by atoms with Crippen molar-refractivity contribution in [1.29, 1.82) is 0 Å². The number of hydrogen-bond donors (Lipinski definition) is 1. The fraction of sp³-hybridized carbons (Fsp3) is 0. The van der Waals surface area contributed by atoms with Crippen LogP contribution >= 0.6 is 31.9 Å². The van der Waals surface area contributed by atoms with Crippen molar-refractivity contribution in [1.82, 2.24) is 5.32 Å². The van der Waals surface area contributed by atoms with Crippen LogP contribution < -0.4 is 5.32 Å². The van der Waals surface area contributed by atoms with Gasteiger partial charge in [0, 0.05) is 5.57 Å². The van der Waals surface area contributed by atoms with Gasteiger partial charge in [-0.2, -0.15) is 0 Å². The first kappa shape index (κ1) is 16.0. The van der Waals surface area contributed by atoms with E-state index in [4.69, 9.17) is 0 Å². The number of benzene rings is 1. The number of rotatable bonds is 0. The molecule has 0 bridgehead atoms. The molecule has 0 aromatic heterocycles. The second kappa shape index (κ2) is 7.11. The third-order valence-corrected chi connectivity index (χ3v) is 4.38. The lowest BCUT2D eigenvalue weighted by atomic mass is 9.96. The number of halogens is 2. The molecule has 4 heteroatoms. The van der Waals surface area contributed by atoms with Gasteiger partial charge in [-0.05, 0) is 72.9 Å². The minimum absolute atomic E-state index is 0.110. The first-order valence-corrected chi connectivity index (χ1v) is 8.64. The SMILES string of the molecule is BrC1=CC=CC=C(Br)N1.O=C1C=CC=C2C1=Cc1ccccc12. The van der Waals surface area contributed by atoms with Crippen LogP contribution in [0.3, 0.4) is 0 Å². The van der Waals surface area contributed by atoms with Crippen LogP contribution in [0.25, 0.3) is 11.6 Å². The van der Waals surface area contributed by atoms with E-state index in [1.807, 2.05) is 60.7 Å². The number of carbonyl (C=O) groups is 1. The average Bonchev–Trinajstić information content (AvgIpc) is 2.82. The molecule has 0 saturated heterocycles. The fourth-order valence-corrected chi connectivity index (χ4v) is 3.43. The Hall–Kier alpha value is -1.91. The summed E-state index contributed by atoms with van der Waals surface area (Å²) >= 11 is 6.61. The van der Waals surface area contributed by atoms with Crippen molar-refractivity contribution in [2.45, 2.75) is 0 Å². The van der Waals surface area contributed by atoms with Crippen molar-refractivity contribution in [2.24, 2.45) is 0 Å². The summed E-state index contributed by atoms with van der Waals surface area (Å²) in [6.07, 6.45) is 15.2. The highest BCUT2D eigenvalue weighted by Crippen LogP contribution is 2.37. The Bertz CT molecular complexity index is 819. The van der Waals surface area contributed by atoms with Crippen LogP contribution in [0.1, 0.15) is 11.1 Å². The lowest BCUT2D eigenvalue weighted by molar-refractivity contribution is -0.110. The lowest BCUT2D eigenvalue weighted by Crippen LogP contribution is -2.01. The molecular weight excluding hydrogens is 418 g/mol. The fourth-order valence-electron chi connectivity index (χ4n) is 2.43. The molecule has 1 N–H and O–H groups in total. The van der Waals surface area contributed by atoms with Crippen LogP contribution in [0.15, 0.2) is 81.6 Å². The van der Waals surface area contributed by atoms with Gasteiger partial charge >= 0.3 is 0 Å². The summed E-state index contributed by atoms with van der Waals surface area (Å²) in [5, 5.41) is 3.03. The van der Waals surface area contributed by atoms with Crippen molar-refractivity contribution in [2.75, 3.05) is 0 Å². The largest absolute Gasteiger partial charge is 0.344 e. The Balaban J connectivity index is 0.000000151. The van der Waals surface area contributed by atoms with Crippen LogP contribution in [-0.4, -0.2) is 5.78 Å². The molecule has 23 heavy (non-hydrogen) atoms. The number of nitrogens with one attached hydrogen (secondary N) is 1. The normalized spacial score (nSPS) is 17.4. The van der Waals surface area contributed by atoms with E-state index in [0.717, 1.165) is 25.9 Å². The van der Waals surface area contributed by atoms with E-state index in [1.165, 1.54) is 5.56 Å². The molecule has 0 unspecified atom stereocenters. The minimum Gasteiger partial charge on any atom is -0.344 e. The third kappa shape index (κ3) is 3.71.